The molecular formula is C12H12BrFN2O. The van der Waals surface area contributed by atoms with Crippen LogP contribution < -0.4 is 4.90 Å². The topological polar surface area (TPSA) is 47.3 Å². The Hall–Kier alpha value is -1.38. The number of rotatable bonds is 5. The normalized spacial score (nSPS) is 9.76. The molecule has 1 aromatic carbocycles. The summed E-state index contributed by atoms with van der Waals surface area (Å²) in [7, 11) is 0. The molecule has 0 aromatic heterocycles. The number of benzene rings is 1. The molecule has 0 aliphatic heterocycles. The van der Waals surface area contributed by atoms with E-state index in [2.05, 4.69) is 22.5 Å². The van der Waals surface area contributed by atoms with E-state index in [0.717, 1.165) is 0 Å². The zero-order valence-electron chi connectivity index (χ0n) is 9.16. The van der Waals surface area contributed by atoms with E-state index in [9.17, 15) is 4.39 Å². The SMILES string of the molecule is C=CCN(CCO)c1ccc(C#N)c(Br)c1F. The highest BCUT2D eigenvalue weighted by Gasteiger charge is 2.15. The van der Waals surface area contributed by atoms with Gasteiger partial charge in [0.05, 0.1) is 22.3 Å². The van der Waals surface area contributed by atoms with Crippen LogP contribution in [0.2, 0.25) is 0 Å². The summed E-state index contributed by atoms with van der Waals surface area (Å²) >= 11 is 3.05. The Kier molecular flexibility index (Phi) is 5.13. The van der Waals surface area contributed by atoms with E-state index in [1.54, 1.807) is 11.0 Å². The van der Waals surface area contributed by atoms with Crippen molar-refractivity contribution < 1.29 is 9.50 Å². The fourth-order valence-corrected chi connectivity index (χ4v) is 1.88. The summed E-state index contributed by atoms with van der Waals surface area (Å²) < 4.78 is 14.1. The Morgan fingerprint density at radius 3 is 2.82 bits per heavy atom. The molecule has 0 bridgehead atoms. The summed E-state index contributed by atoms with van der Waals surface area (Å²) in [5.41, 5.74) is 0.582. The molecule has 0 amide bonds. The number of anilines is 1. The minimum atomic E-state index is -0.501. The lowest BCUT2D eigenvalue weighted by molar-refractivity contribution is 0.302. The average Bonchev–Trinajstić information content (AvgIpc) is 2.32. The minimum Gasteiger partial charge on any atom is -0.395 e. The Labute approximate surface area is 108 Å². The van der Waals surface area contributed by atoms with Gasteiger partial charge in [-0.3, -0.25) is 0 Å². The Balaban J connectivity index is 3.16. The van der Waals surface area contributed by atoms with Gasteiger partial charge in [-0.05, 0) is 28.1 Å². The van der Waals surface area contributed by atoms with Gasteiger partial charge < -0.3 is 10.0 Å². The molecule has 1 N–H and O–H groups in total. The van der Waals surface area contributed by atoms with Crippen molar-refractivity contribution in [1.29, 1.82) is 5.26 Å². The first kappa shape index (κ1) is 13.7. The van der Waals surface area contributed by atoms with Crippen LogP contribution in [0.3, 0.4) is 0 Å². The van der Waals surface area contributed by atoms with Gasteiger partial charge in [0.25, 0.3) is 0 Å². The fraction of sp³-hybridized carbons (Fsp3) is 0.250. The van der Waals surface area contributed by atoms with Crippen molar-refractivity contribution in [3.05, 3.63) is 40.6 Å². The van der Waals surface area contributed by atoms with Gasteiger partial charge in [0.15, 0.2) is 5.82 Å². The minimum absolute atomic E-state index is 0.0785. The highest BCUT2D eigenvalue weighted by atomic mass is 79.9. The van der Waals surface area contributed by atoms with Crippen LogP contribution in [0, 0.1) is 17.1 Å². The Morgan fingerprint density at radius 1 is 1.59 bits per heavy atom. The third-order valence-corrected chi connectivity index (χ3v) is 3.02. The van der Waals surface area contributed by atoms with Gasteiger partial charge in [-0.25, -0.2) is 4.39 Å². The van der Waals surface area contributed by atoms with Crippen LogP contribution >= 0.6 is 15.9 Å². The zero-order valence-corrected chi connectivity index (χ0v) is 10.7. The smallest absolute Gasteiger partial charge is 0.161 e. The van der Waals surface area contributed by atoms with Crippen LogP contribution in [0.5, 0.6) is 0 Å². The van der Waals surface area contributed by atoms with Gasteiger partial charge in [-0.15, -0.1) is 6.58 Å². The Morgan fingerprint density at radius 2 is 2.29 bits per heavy atom. The number of hydrogen-bond donors (Lipinski definition) is 1. The van der Waals surface area contributed by atoms with Gasteiger partial charge in [-0.2, -0.15) is 5.26 Å². The first-order chi connectivity index (χ1) is 8.15. The number of aliphatic hydroxyl groups is 1. The first-order valence-corrected chi connectivity index (χ1v) is 5.79. The van der Waals surface area contributed by atoms with E-state index in [1.165, 1.54) is 12.1 Å². The first-order valence-electron chi connectivity index (χ1n) is 5.00. The molecule has 0 saturated heterocycles. The van der Waals surface area contributed by atoms with Crippen LogP contribution in [-0.4, -0.2) is 24.8 Å². The third kappa shape index (κ3) is 3.05. The maximum atomic E-state index is 14.0. The van der Waals surface area contributed by atoms with E-state index >= 15 is 0 Å². The van der Waals surface area contributed by atoms with Gasteiger partial charge in [0.2, 0.25) is 0 Å². The number of nitriles is 1. The molecule has 0 spiro atoms. The molecule has 5 heteroatoms. The highest BCUT2D eigenvalue weighted by molar-refractivity contribution is 9.10. The van der Waals surface area contributed by atoms with Gasteiger partial charge in [-0.1, -0.05) is 6.08 Å². The van der Waals surface area contributed by atoms with Crippen molar-refractivity contribution in [3.8, 4) is 6.07 Å². The van der Waals surface area contributed by atoms with E-state index in [4.69, 9.17) is 10.4 Å². The summed E-state index contributed by atoms with van der Waals surface area (Å²) in [6.07, 6.45) is 1.63. The van der Waals surface area contributed by atoms with Crippen LogP contribution in [0.1, 0.15) is 5.56 Å². The van der Waals surface area contributed by atoms with E-state index in [-0.39, 0.29) is 16.6 Å². The maximum Gasteiger partial charge on any atom is 0.161 e. The number of hydrogen-bond acceptors (Lipinski definition) is 3. The van der Waals surface area contributed by atoms with Gasteiger partial charge in [0.1, 0.15) is 6.07 Å². The van der Waals surface area contributed by atoms with Gasteiger partial charge in [0, 0.05) is 13.1 Å². The van der Waals surface area contributed by atoms with E-state index in [1.807, 2.05) is 6.07 Å². The summed E-state index contributed by atoms with van der Waals surface area (Å²) in [4.78, 5) is 1.65. The molecule has 1 aromatic rings. The molecule has 0 aliphatic carbocycles. The van der Waals surface area contributed by atoms with Crippen LogP contribution in [0.25, 0.3) is 0 Å². The number of aliphatic hydroxyl groups excluding tert-OH is 1. The van der Waals surface area contributed by atoms with Crippen molar-refractivity contribution in [2.24, 2.45) is 0 Å². The predicted molar refractivity (Wildman–Crippen MR) is 68.3 cm³/mol. The zero-order chi connectivity index (χ0) is 12.8. The van der Waals surface area contributed by atoms with Crippen molar-refractivity contribution in [3.63, 3.8) is 0 Å². The molecule has 1 rings (SSSR count). The molecule has 0 aliphatic rings. The van der Waals surface area contributed by atoms with Crippen LogP contribution in [0.15, 0.2) is 29.3 Å². The summed E-state index contributed by atoms with van der Waals surface area (Å²) in [6, 6.07) is 4.95. The molecule has 3 nitrogen and oxygen atoms in total. The van der Waals surface area contributed by atoms with Crippen molar-refractivity contribution in [2.45, 2.75) is 0 Å². The lowest BCUT2D eigenvalue weighted by Gasteiger charge is -2.23. The van der Waals surface area contributed by atoms with Crippen molar-refractivity contribution >= 4 is 21.6 Å². The molecule has 0 atom stereocenters. The Bertz CT molecular complexity index is 457. The molecule has 0 radical (unpaired) electrons. The predicted octanol–water partition coefficient (Wildman–Crippen LogP) is 2.44. The summed E-state index contributed by atoms with van der Waals surface area (Å²) in [5, 5.41) is 17.7. The quantitative estimate of drug-likeness (QED) is 0.850. The molecule has 0 unspecified atom stereocenters. The summed E-state index contributed by atoms with van der Waals surface area (Å²) in [6.45, 7) is 4.24. The van der Waals surface area contributed by atoms with Crippen LogP contribution in [-0.2, 0) is 0 Å². The maximum absolute atomic E-state index is 14.0. The van der Waals surface area contributed by atoms with Gasteiger partial charge >= 0.3 is 0 Å². The highest BCUT2D eigenvalue weighted by Crippen LogP contribution is 2.29. The number of halogens is 2. The van der Waals surface area contributed by atoms with Crippen LogP contribution in [0.4, 0.5) is 10.1 Å². The molecule has 90 valence electrons. The fourth-order valence-electron chi connectivity index (χ4n) is 1.46. The second kappa shape index (κ2) is 6.38. The largest absolute Gasteiger partial charge is 0.395 e. The van der Waals surface area contributed by atoms with Crippen molar-refractivity contribution in [2.75, 3.05) is 24.6 Å². The average molecular weight is 299 g/mol. The molecule has 17 heavy (non-hydrogen) atoms. The molecule has 0 fully saturated rings. The van der Waals surface area contributed by atoms with E-state index in [0.29, 0.717) is 18.8 Å². The summed E-state index contributed by atoms with van der Waals surface area (Å²) in [5.74, 6) is -0.501. The second-order valence-corrected chi connectivity index (χ2v) is 4.12. The lowest BCUT2D eigenvalue weighted by atomic mass is 10.2. The number of nitrogens with zero attached hydrogens (tertiary/aromatic N) is 2. The standard InChI is InChI=1S/C12H12BrFN2O/c1-2-5-16(6-7-17)10-4-3-9(8-15)11(13)12(10)14/h2-4,17H,1,5-7H2. The monoisotopic (exact) mass is 298 g/mol. The van der Waals surface area contributed by atoms with E-state index < -0.39 is 5.82 Å². The lowest BCUT2D eigenvalue weighted by Crippen LogP contribution is -2.27. The molecule has 0 saturated carbocycles. The molecular weight excluding hydrogens is 287 g/mol. The van der Waals surface area contributed by atoms with Crippen molar-refractivity contribution in [1.82, 2.24) is 0 Å². The third-order valence-electron chi connectivity index (χ3n) is 2.24. The second-order valence-electron chi connectivity index (χ2n) is 3.33. The molecule has 0 heterocycles.